The summed E-state index contributed by atoms with van der Waals surface area (Å²) in [5, 5.41) is 0. The molecule has 2 rings (SSSR count). The zero-order valence-corrected chi connectivity index (χ0v) is 8.74. The van der Waals surface area contributed by atoms with Crippen molar-refractivity contribution in [3.05, 3.63) is 48.0 Å². The van der Waals surface area contributed by atoms with E-state index in [2.05, 4.69) is 42.7 Å². The van der Waals surface area contributed by atoms with E-state index in [0.29, 0.717) is 6.04 Å². The lowest BCUT2D eigenvalue weighted by Gasteiger charge is -2.33. The van der Waals surface area contributed by atoms with Crippen LogP contribution in [-0.4, -0.2) is 17.5 Å². The third kappa shape index (κ3) is 1.73. The fourth-order valence-corrected chi connectivity index (χ4v) is 2.14. The predicted octanol–water partition coefficient (Wildman–Crippen LogP) is 2.62. The van der Waals surface area contributed by atoms with E-state index >= 15 is 0 Å². The quantitative estimate of drug-likeness (QED) is 0.643. The Morgan fingerprint density at radius 1 is 1.43 bits per heavy atom. The predicted molar refractivity (Wildman–Crippen MR) is 60.2 cm³/mol. The van der Waals surface area contributed by atoms with Crippen LogP contribution in [0.4, 0.5) is 0 Å². The highest BCUT2D eigenvalue weighted by Crippen LogP contribution is 2.22. The first-order chi connectivity index (χ1) is 6.81. The number of hydrogen-bond acceptors (Lipinski definition) is 1. The molecule has 74 valence electrons. The van der Waals surface area contributed by atoms with Crippen LogP contribution in [0.25, 0.3) is 0 Å². The molecule has 0 spiro atoms. The van der Waals surface area contributed by atoms with Crippen molar-refractivity contribution in [2.24, 2.45) is 0 Å². The second-order valence-corrected chi connectivity index (χ2v) is 4.04. The lowest BCUT2D eigenvalue weighted by atomic mass is 9.95. The molecule has 1 aromatic carbocycles. The molecule has 0 saturated carbocycles. The van der Waals surface area contributed by atoms with Crippen LogP contribution < -0.4 is 0 Å². The molecule has 0 N–H and O–H groups in total. The van der Waals surface area contributed by atoms with Gasteiger partial charge in [0.1, 0.15) is 0 Å². The van der Waals surface area contributed by atoms with Crippen molar-refractivity contribution < 1.29 is 0 Å². The van der Waals surface area contributed by atoms with Crippen molar-refractivity contribution in [2.45, 2.75) is 25.9 Å². The van der Waals surface area contributed by atoms with Crippen molar-refractivity contribution in [1.29, 1.82) is 0 Å². The Balaban J connectivity index is 2.22. The average molecular weight is 187 g/mol. The van der Waals surface area contributed by atoms with E-state index in [9.17, 15) is 0 Å². The van der Waals surface area contributed by atoms with E-state index in [1.807, 2.05) is 6.08 Å². The molecule has 1 heterocycles. The van der Waals surface area contributed by atoms with Gasteiger partial charge in [-0.2, -0.15) is 0 Å². The van der Waals surface area contributed by atoms with Gasteiger partial charge in [0.05, 0.1) is 0 Å². The van der Waals surface area contributed by atoms with Crippen LogP contribution in [0.15, 0.2) is 36.9 Å². The Morgan fingerprint density at radius 3 is 2.86 bits per heavy atom. The molecule has 0 amide bonds. The fourth-order valence-electron chi connectivity index (χ4n) is 2.14. The van der Waals surface area contributed by atoms with Gasteiger partial charge in [0.2, 0.25) is 0 Å². The van der Waals surface area contributed by atoms with Crippen molar-refractivity contribution >= 4 is 0 Å². The van der Waals surface area contributed by atoms with E-state index in [1.165, 1.54) is 17.5 Å². The molecule has 14 heavy (non-hydrogen) atoms. The van der Waals surface area contributed by atoms with E-state index in [1.54, 1.807) is 0 Å². The molecule has 0 aliphatic carbocycles. The lowest BCUT2D eigenvalue weighted by Crippen LogP contribution is -2.38. The zero-order chi connectivity index (χ0) is 9.97. The summed E-state index contributed by atoms with van der Waals surface area (Å²) in [6, 6.07) is 9.38. The SMILES string of the molecule is C=CCN1Cc2ccccc2CC1C. The monoisotopic (exact) mass is 187 g/mol. The number of nitrogens with zero attached hydrogens (tertiary/aromatic N) is 1. The molecule has 1 nitrogen and oxygen atoms in total. The number of benzene rings is 1. The molecule has 0 saturated heterocycles. The molecule has 1 atom stereocenters. The largest absolute Gasteiger partial charge is 0.292 e. The molecule has 0 fully saturated rings. The van der Waals surface area contributed by atoms with Gasteiger partial charge in [0, 0.05) is 19.1 Å². The summed E-state index contributed by atoms with van der Waals surface area (Å²) >= 11 is 0. The first kappa shape index (κ1) is 9.47. The van der Waals surface area contributed by atoms with Crippen LogP contribution in [0.5, 0.6) is 0 Å². The van der Waals surface area contributed by atoms with Gasteiger partial charge in [-0.1, -0.05) is 30.3 Å². The summed E-state index contributed by atoms with van der Waals surface area (Å²) in [6.45, 7) is 8.16. The summed E-state index contributed by atoms with van der Waals surface area (Å²) in [4.78, 5) is 2.47. The third-order valence-electron chi connectivity index (χ3n) is 2.99. The fraction of sp³-hybridized carbons (Fsp3) is 0.385. The second-order valence-electron chi connectivity index (χ2n) is 4.04. The number of rotatable bonds is 2. The Bertz CT molecular complexity index is 330. The maximum atomic E-state index is 3.80. The first-order valence-corrected chi connectivity index (χ1v) is 5.23. The van der Waals surface area contributed by atoms with Crippen molar-refractivity contribution in [3.63, 3.8) is 0 Å². The Kier molecular flexibility index (Phi) is 2.69. The molecular weight excluding hydrogens is 170 g/mol. The normalized spacial score (nSPS) is 21.6. The average Bonchev–Trinajstić information content (AvgIpc) is 2.19. The summed E-state index contributed by atoms with van der Waals surface area (Å²) in [5.74, 6) is 0. The van der Waals surface area contributed by atoms with Gasteiger partial charge in [0.15, 0.2) is 0 Å². The van der Waals surface area contributed by atoms with E-state index < -0.39 is 0 Å². The lowest BCUT2D eigenvalue weighted by molar-refractivity contribution is 0.206. The van der Waals surface area contributed by atoms with Crippen molar-refractivity contribution in [1.82, 2.24) is 4.90 Å². The highest BCUT2D eigenvalue weighted by molar-refractivity contribution is 5.29. The van der Waals surface area contributed by atoms with Crippen LogP contribution in [0.1, 0.15) is 18.1 Å². The second kappa shape index (κ2) is 3.97. The van der Waals surface area contributed by atoms with Gasteiger partial charge in [-0.15, -0.1) is 6.58 Å². The van der Waals surface area contributed by atoms with Gasteiger partial charge < -0.3 is 0 Å². The van der Waals surface area contributed by atoms with E-state index in [0.717, 1.165) is 13.1 Å². The molecule has 1 heteroatoms. The minimum atomic E-state index is 0.642. The molecule has 0 radical (unpaired) electrons. The van der Waals surface area contributed by atoms with Gasteiger partial charge in [-0.05, 0) is 24.5 Å². The summed E-state index contributed by atoms with van der Waals surface area (Å²) in [6.07, 6.45) is 3.16. The third-order valence-corrected chi connectivity index (χ3v) is 2.99. The smallest absolute Gasteiger partial charge is 0.0242 e. The molecule has 0 bridgehead atoms. The van der Waals surface area contributed by atoms with E-state index in [-0.39, 0.29) is 0 Å². The minimum absolute atomic E-state index is 0.642. The Labute approximate surface area is 86.1 Å². The molecular formula is C13H17N. The molecule has 1 aliphatic rings. The highest BCUT2D eigenvalue weighted by Gasteiger charge is 2.20. The standard InChI is InChI=1S/C13H17N/c1-3-8-14-10-13-7-5-4-6-12(13)9-11(14)2/h3-7,11H,1,8-10H2,2H3. The summed E-state index contributed by atoms with van der Waals surface area (Å²) in [7, 11) is 0. The molecule has 1 unspecified atom stereocenters. The van der Waals surface area contributed by atoms with Crippen molar-refractivity contribution in [2.75, 3.05) is 6.54 Å². The molecule has 1 aromatic rings. The van der Waals surface area contributed by atoms with Gasteiger partial charge in [-0.25, -0.2) is 0 Å². The van der Waals surface area contributed by atoms with Crippen LogP contribution in [-0.2, 0) is 13.0 Å². The maximum Gasteiger partial charge on any atom is 0.0242 e. The number of hydrogen-bond donors (Lipinski definition) is 0. The Morgan fingerprint density at radius 2 is 2.14 bits per heavy atom. The Hall–Kier alpha value is -1.08. The van der Waals surface area contributed by atoms with Crippen LogP contribution >= 0.6 is 0 Å². The van der Waals surface area contributed by atoms with Gasteiger partial charge in [0.25, 0.3) is 0 Å². The topological polar surface area (TPSA) is 3.24 Å². The minimum Gasteiger partial charge on any atom is -0.292 e. The van der Waals surface area contributed by atoms with Crippen LogP contribution in [0, 0.1) is 0 Å². The molecule has 0 aromatic heterocycles. The maximum absolute atomic E-state index is 3.80. The van der Waals surface area contributed by atoms with E-state index in [4.69, 9.17) is 0 Å². The van der Waals surface area contributed by atoms with Crippen LogP contribution in [0.3, 0.4) is 0 Å². The van der Waals surface area contributed by atoms with Gasteiger partial charge >= 0.3 is 0 Å². The number of fused-ring (bicyclic) bond motifs is 1. The highest BCUT2D eigenvalue weighted by atomic mass is 15.1. The zero-order valence-electron chi connectivity index (χ0n) is 8.74. The summed E-state index contributed by atoms with van der Waals surface area (Å²) < 4.78 is 0. The van der Waals surface area contributed by atoms with Gasteiger partial charge in [-0.3, -0.25) is 4.90 Å². The summed E-state index contributed by atoms with van der Waals surface area (Å²) in [5.41, 5.74) is 2.99. The first-order valence-electron chi connectivity index (χ1n) is 5.23. The van der Waals surface area contributed by atoms with Crippen molar-refractivity contribution in [3.8, 4) is 0 Å². The molecule has 1 aliphatic heterocycles. The van der Waals surface area contributed by atoms with Crippen LogP contribution in [0.2, 0.25) is 0 Å².